The first-order chi connectivity index (χ1) is 8.95. The van der Waals surface area contributed by atoms with Gasteiger partial charge in [0.1, 0.15) is 5.56 Å². The number of aromatic amines is 1. The fraction of sp³-hybridized carbons (Fsp3) is 0.600. The molecule has 108 valence electrons. The van der Waals surface area contributed by atoms with Gasteiger partial charge in [-0.3, -0.25) is 5.10 Å². The molecule has 0 atom stereocenters. The van der Waals surface area contributed by atoms with E-state index in [0.717, 1.165) is 10.5 Å². The molecule has 0 unspecified atom stereocenters. The minimum atomic E-state index is -3.86. The van der Waals surface area contributed by atoms with Gasteiger partial charge >= 0.3 is 5.97 Å². The van der Waals surface area contributed by atoms with Gasteiger partial charge in [0.05, 0.1) is 12.8 Å². The van der Waals surface area contributed by atoms with E-state index in [-0.39, 0.29) is 30.3 Å². The molecule has 0 bridgehead atoms. The van der Waals surface area contributed by atoms with Crippen LogP contribution in [0.1, 0.15) is 23.7 Å². The molecule has 0 aliphatic rings. The fourth-order valence-electron chi connectivity index (χ4n) is 1.39. The number of nitrogens with zero attached hydrogens (tertiary/aromatic N) is 2. The first-order valence-corrected chi connectivity index (χ1v) is 7.16. The van der Waals surface area contributed by atoms with Crippen molar-refractivity contribution >= 4 is 16.0 Å². The van der Waals surface area contributed by atoms with Gasteiger partial charge in [-0.1, -0.05) is 0 Å². The van der Waals surface area contributed by atoms with Gasteiger partial charge in [-0.2, -0.15) is 9.40 Å². The summed E-state index contributed by atoms with van der Waals surface area (Å²) < 4.78 is 30.2. The molecule has 1 aromatic rings. The van der Waals surface area contributed by atoms with E-state index in [9.17, 15) is 13.2 Å². The SMILES string of the molecule is CCOC(=O)c1cn[nH]c1S(=O)(=O)N(C)CCCO. The molecule has 1 aromatic heterocycles. The average molecular weight is 291 g/mol. The molecule has 0 fully saturated rings. The van der Waals surface area contributed by atoms with Crippen LogP contribution in [0.25, 0.3) is 0 Å². The van der Waals surface area contributed by atoms with Crippen molar-refractivity contribution in [2.45, 2.75) is 18.4 Å². The fourth-order valence-corrected chi connectivity index (χ4v) is 2.66. The van der Waals surface area contributed by atoms with Crippen LogP contribution in [-0.2, 0) is 14.8 Å². The Morgan fingerprint density at radius 1 is 1.58 bits per heavy atom. The van der Waals surface area contributed by atoms with Crippen LogP contribution in [0.4, 0.5) is 0 Å². The molecule has 2 N–H and O–H groups in total. The Labute approximate surface area is 111 Å². The van der Waals surface area contributed by atoms with Gasteiger partial charge in [-0.05, 0) is 13.3 Å². The topological polar surface area (TPSA) is 113 Å². The molecular formula is C10H17N3O5S. The number of rotatable bonds is 7. The standard InChI is InChI=1S/C10H17N3O5S/c1-3-18-10(15)8-7-11-12-9(8)19(16,17)13(2)5-4-6-14/h7,14H,3-6H2,1-2H3,(H,11,12). The molecule has 0 amide bonds. The van der Waals surface area contributed by atoms with Crippen LogP contribution in [-0.4, -0.2) is 60.8 Å². The number of carbonyl (C=O) groups excluding carboxylic acids is 1. The van der Waals surface area contributed by atoms with E-state index in [1.54, 1.807) is 6.92 Å². The highest BCUT2D eigenvalue weighted by atomic mass is 32.2. The lowest BCUT2D eigenvalue weighted by molar-refractivity contribution is 0.0521. The van der Waals surface area contributed by atoms with Crippen molar-refractivity contribution in [2.75, 3.05) is 26.8 Å². The van der Waals surface area contributed by atoms with Crippen molar-refractivity contribution in [3.8, 4) is 0 Å². The lowest BCUT2D eigenvalue weighted by Gasteiger charge is -2.15. The summed E-state index contributed by atoms with van der Waals surface area (Å²) in [6.07, 6.45) is 1.42. The van der Waals surface area contributed by atoms with E-state index in [2.05, 4.69) is 10.2 Å². The molecule has 19 heavy (non-hydrogen) atoms. The van der Waals surface area contributed by atoms with Crippen LogP contribution in [0.5, 0.6) is 0 Å². The molecule has 1 heterocycles. The summed E-state index contributed by atoms with van der Waals surface area (Å²) in [6, 6.07) is 0. The lowest BCUT2D eigenvalue weighted by atomic mass is 10.4. The maximum atomic E-state index is 12.2. The third-order valence-corrected chi connectivity index (χ3v) is 4.23. The number of aliphatic hydroxyl groups is 1. The van der Waals surface area contributed by atoms with E-state index in [1.807, 2.05) is 0 Å². The van der Waals surface area contributed by atoms with Crippen molar-refractivity contribution < 1.29 is 23.1 Å². The molecule has 0 aromatic carbocycles. The third-order valence-electron chi connectivity index (χ3n) is 2.40. The summed E-state index contributed by atoms with van der Waals surface area (Å²) >= 11 is 0. The molecule has 0 radical (unpaired) electrons. The summed E-state index contributed by atoms with van der Waals surface area (Å²) in [6.45, 7) is 1.79. The summed E-state index contributed by atoms with van der Waals surface area (Å²) in [5.41, 5.74) is -0.127. The van der Waals surface area contributed by atoms with E-state index in [4.69, 9.17) is 9.84 Å². The van der Waals surface area contributed by atoms with Crippen LogP contribution in [0.15, 0.2) is 11.2 Å². The van der Waals surface area contributed by atoms with Crippen LogP contribution in [0.2, 0.25) is 0 Å². The second-order valence-corrected chi connectivity index (χ2v) is 5.72. The van der Waals surface area contributed by atoms with E-state index >= 15 is 0 Å². The van der Waals surface area contributed by atoms with E-state index < -0.39 is 16.0 Å². The smallest absolute Gasteiger partial charge is 0.342 e. The summed E-state index contributed by atoms with van der Waals surface area (Å²) in [5, 5.41) is 14.3. The van der Waals surface area contributed by atoms with E-state index in [1.165, 1.54) is 7.05 Å². The van der Waals surface area contributed by atoms with Gasteiger partial charge in [0.2, 0.25) is 0 Å². The highest BCUT2D eigenvalue weighted by Gasteiger charge is 2.29. The van der Waals surface area contributed by atoms with Crippen LogP contribution in [0.3, 0.4) is 0 Å². The number of hydrogen-bond acceptors (Lipinski definition) is 6. The largest absolute Gasteiger partial charge is 0.462 e. The number of sulfonamides is 1. The van der Waals surface area contributed by atoms with Gasteiger partial charge in [0.25, 0.3) is 10.0 Å². The predicted molar refractivity (Wildman–Crippen MR) is 66.1 cm³/mol. The van der Waals surface area contributed by atoms with Gasteiger partial charge < -0.3 is 9.84 Å². The zero-order valence-electron chi connectivity index (χ0n) is 10.8. The van der Waals surface area contributed by atoms with Crippen molar-refractivity contribution in [3.63, 3.8) is 0 Å². The maximum Gasteiger partial charge on any atom is 0.342 e. The molecule has 0 saturated carbocycles. The number of carbonyl (C=O) groups is 1. The third kappa shape index (κ3) is 3.52. The summed E-state index contributed by atoms with van der Waals surface area (Å²) in [4.78, 5) is 11.6. The summed E-state index contributed by atoms with van der Waals surface area (Å²) in [5.74, 6) is -0.745. The van der Waals surface area contributed by atoms with Gasteiger partial charge in [-0.25, -0.2) is 13.2 Å². The zero-order valence-corrected chi connectivity index (χ0v) is 11.6. The highest BCUT2D eigenvalue weighted by Crippen LogP contribution is 2.17. The van der Waals surface area contributed by atoms with Gasteiger partial charge in [0, 0.05) is 20.2 Å². The summed E-state index contributed by atoms with van der Waals surface area (Å²) in [7, 11) is -2.50. The minimum Gasteiger partial charge on any atom is -0.462 e. The molecular weight excluding hydrogens is 274 g/mol. The predicted octanol–water partition coefficient (Wildman–Crippen LogP) is -0.411. The number of aliphatic hydroxyl groups excluding tert-OH is 1. The monoisotopic (exact) mass is 291 g/mol. The van der Waals surface area contributed by atoms with Crippen molar-refractivity contribution in [2.24, 2.45) is 0 Å². The Morgan fingerprint density at radius 3 is 2.84 bits per heavy atom. The second-order valence-electron chi connectivity index (χ2n) is 3.74. The second kappa shape index (κ2) is 6.64. The number of aromatic nitrogens is 2. The van der Waals surface area contributed by atoms with Crippen molar-refractivity contribution in [1.29, 1.82) is 0 Å². The zero-order chi connectivity index (χ0) is 14.5. The van der Waals surface area contributed by atoms with Crippen LogP contribution in [0, 0.1) is 0 Å². The number of hydrogen-bond donors (Lipinski definition) is 2. The number of nitrogens with one attached hydrogen (secondary N) is 1. The number of H-pyrrole nitrogens is 1. The Morgan fingerprint density at radius 2 is 2.26 bits per heavy atom. The molecule has 8 nitrogen and oxygen atoms in total. The minimum absolute atomic E-state index is 0.117. The Kier molecular flexibility index (Phi) is 5.45. The van der Waals surface area contributed by atoms with Crippen LogP contribution < -0.4 is 0 Å². The molecule has 0 spiro atoms. The normalized spacial score (nSPS) is 11.8. The van der Waals surface area contributed by atoms with Crippen molar-refractivity contribution in [3.05, 3.63) is 11.8 Å². The highest BCUT2D eigenvalue weighted by molar-refractivity contribution is 7.89. The quantitative estimate of drug-likeness (QED) is 0.660. The van der Waals surface area contributed by atoms with E-state index in [0.29, 0.717) is 6.42 Å². The molecule has 1 rings (SSSR count). The molecule has 9 heteroatoms. The molecule has 0 saturated heterocycles. The Balaban J connectivity index is 3.02. The van der Waals surface area contributed by atoms with Crippen LogP contribution >= 0.6 is 0 Å². The average Bonchev–Trinajstić information content (AvgIpc) is 2.85. The number of esters is 1. The lowest BCUT2D eigenvalue weighted by Crippen LogP contribution is -2.30. The molecule has 0 aliphatic heterocycles. The van der Waals surface area contributed by atoms with Gasteiger partial charge in [0.15, 0.2) is 5.03 Å². The van der Waals surface area contributed by atoms with Gasteiger partial charge in [-0.15, -0.1) is 0 Å². The Bertz CT molecular complexity index is 525. The Hall–Kier alpha value is -1.45. The first-order valence-electron chi connectivity index (χ1n) is 5.72. The molecule has 0 aliphatic carbocycles. The first kappa shape index (κ1) is 15.6. The maximum absolute atomic E-state index is 12.2. The van der Waals surface area contributed by atoms with Crippen molar-refractivity contribution in [1.82, 2.24) is 14.5 Å². The number of ether oxygens (including phenoxy) is 1.